The van der Waals surface area contributed by atoms with Crippen molar-refractivity contribution in [3.8, 4) is 0 Å². The first kappa shape index (κ1) is 35.5. The highest BCUT2D eigenvalue weighted by molar-refractivity contribution is 7.99. The van der Waals surface area contributed by atoms with Crippen molar-refractivity contribution in [1.29, 1.82) is 0 Å². The number of aliphatic hydroxyl groups excluding tert-OH is 1. The molecule has 1 aliphatic carbocycles. The van der Waals surface area contributed by atoms with Crippen molar-refractivity contribution in [1.82, 2.24) is 29.1 Å². The van der Waals surface area contributed by atoms with E-state index in [0.29, 0.717) is 32.2 Å². The second-order valence-corrected chi connectivity index (χ2v) is 14.6. The van der Waals surface area contributed by atoms with E-state index in [4.69, 9.17) is 0 Å². The van der Waals surface area contributed by atoms with Gasteiger partial charge in [-0.3, -0.25) is 18.7 Å². The average molecular weight is 734 g/mol. The number of thioether (sulfide) groups is 1. The Morgan fingerprint density at radius 2 is 1.22 bits per heavy atom. The summed E-state index contributed by atoms with van der Waals surface area (Å²) in [5.41, 5.74) is 0.870. The number of halogens is 2. The quantitative estimate of drug-likeness (QED) is 0.135. The lowest BCUT2D eigenvalue weighted by atomic mass is 9.93. The van der Waals surface area contributed by atoms with Gasteiger partial charge in [0.25, 0.3) is 11.1 Å². The van der Waals surface area contributed by atoms with Gasteiger partial charge in [-0.25, -0.2) is 23.7 Å². The third kappa shape index (κ3) is 8.34. The second-order valence-electron chi connectivity index (χ2n) is 11.6. The monoisotopic (exact) mass is 733 g/mol. The zero-order valence-electron chi connectivity index (χ0n) is 27.3. The second kappa shape index (κ2) is 15.7. The number of benzene rings is 2. The van der Waals surface area contributed by atoms with Gasteiger partial charge in [0, 0.05) is 53.1 Å². The average Bonchev–Trinajstić information content (AvgIpc) is 3.12. The summed E-state index contributed by atoms with van der Waals surface area (Å²) in [5, 5.41) is 15.1. The Kier molecular flexibility index (Phi) is 11.2. The fourth-order valence-electron chi connectivity index (χ4n) is 5.39. The molecule has 4 aromatic heterocycles. The molecule has 1 fully saturated rings. The largest absolute Gasteiger partial charge is 0.393 e. The number of nitrogens with one attached hydrogen (secondary N) is 1. The summed E-state index contributed by atoms with van der Waals surface area (Å²) >= 11 is 4.02. The molecule has 1 saturated carbocycles. The summed E-state index contributed by atoms with van der Waals surface area (Å²) in [5.74, 6) is -0.117. The smallest absolute Gasteiger partial charge is 0.265 e. The van der Waals surface area contributed by atoms with Crippen LogP contribution in [0.2, 0.25) is 0 Å². The highest BCUT2D eigenvalue weighted by Crippen LogP contribution is 2.29. The van der Waals surface area contributed by atoms with Crippen LogP contribution in [0.25, 0.3) is 22.1 Å². The highest BCUT2D eigenvalue weighted by Gasteiger charge is 2.20. The number of anilines is 1. The lowest BCUT2D eigenvalue weighted by Gasteiger charge is -2.26. The van der Waals surface area contributed by atoms with Crippen molar-refractivity contribution in [3.05, 3.63) is 105 Å². The lowest BCUT2D eigenvalue weighted by molar-refractivity contribution is 0.126. The van der Waals surface area contributed by atoms with E-state index in [1.54, 1.807) is 62.9 Å². The molecule has 10 nitrogen and oxygen atoms in total. The third-order valence-corrected chi connectivity index (χ3v) is 10.7. The maximum atomic E-state index is 13.1. The molecule has 2 aromatic carbocycles. The fourth-order valence-corrected chi connectivity index (χ4v) is 7.60. The number of fused-ring (bicyclic) bond motifs is 2. The van der Waals surface area contributed by atoms with Crippen LogP contribution < -0.4 is 16.4 Å². The predicted octanol–water partition coefficient (Wildman–Crippen LogP) is 6.67. The van der Waals surface area contributed by atoms with Gasteiger partial charge in [-0.15, -0.1) is 0 Å². The summed E-state index contributed by atoms with van der Waals surface area (Å²) in [4.78, 5) is 45.4. The highest BCUT2D eigenvalue weighted by atomic mass is 32.2. The number of hydrogen-bond acceptors (Lipinski definition) is 11. The van der Waals surface area contributed by atoms with Gasteiger partial charge in [-0.2, -0.15) is 4.98 Å². The Balaban J connectivity index is 0.000000178. The lowest BCUT2D eigenvalue weighted by Crippen LogP contribution is -2.29. The Bertz CT molecular complexity index is 2260. The molecule has 0 bridgehead atoms. The number of pyridine rings is 2. The summed E-state index contributed by atoms with van der Waals surface area (Å²) in [6, 6.07) is 15.9. The van der Waals surface area contributed by atoms with Crippen LogP contribution in [0, 0.1) is 11.6 Å². The van der Waals surface area contributed by atoms with Crippen molar-refractivity contribution < 1.29 is 13.9 Å². The minimum absolute atomic E-state index is 0.132. The first-order valence-electron chi connectivity index (χ1n) is 15.7. The molecule has 0 radical (unpaired) electrons. The van der Waals surface area contributed by atoms with Crippen molar-refractivity contribution >= 4 is 63.3 Å². The van der Waals surface area contributed by atoms with Crippen molar-refractivity contribution in [3.63, 3.8) is 0 Å². The fraction of sp³-hybridized carbons (Fsp3) is 0.257. The Morgan fingerprint density at radius 3 is 1.72 bits per heavy atom. The molecule has 0 aliphatic heterocycles. The predicted molar refractivity (Wildman–Crippen MR) is 194 cm³/mol. The minimum atomic E-state index is -0.309. The van der Waals surface area contributed by atoms with Crippen LogP contribution in [0.15, 0.2) is 107 Å². The van der Waals surface area contributed by atoms with Crippen LogP contribution in [0.3, 0.4) is 0 Å². The summed E-state index contributed by atoms with van der Waals surface area (Å²) in [6.45, 7) is 0. The molecule has 0 unspecified atom stereocenters. The summed E-state index contributed by atoms with van der Waals surface area (Å²) in [7, 11) is 3.38. The molecule has 6 aromatic rings. The first-order valence-corrected chi connectivity index (χ1v) is 18.5. The number of aliphatic hydroxyl groups is 1. The summed E-state index contributed by atoms with van der Waals surface area (Å²) in [6.07, 6.45) is 8.37. The van der Waals surface area contributed by atoms with E-state index in [9.17, 15) is 23.5 Å². The van der Waals surface area contributed by atoms with Crippen LogP contribution >= 0.6 is 35.3 Å². The van der Waals surface area contributed by atoms with Gasteiger partial charge < -0.3 is 10.4 Å². The number of aromatic nitrogens is 6. The van der Waals surface area contributed by atoms with Crippen molar-refractivity contribution in [2.75, 3.05) is 11.6 Å². The van der Waals surface area contributed by atoms with E-state index in [-0.39, 0.29) is 34.9 Å². The molecule has 0 atom stereocenters. The van der Waals surface area contributed by atoms with E-state index >= 15 is 0 Å². The molecule has 50 heavy (non-hydrogen) atoms. The topological polar surface area (TPSA) is 128 Å². The van der Waals surface area contributed by atoms with Crippen LogP contribution in [-0.4, -0.2) is 52.6 Å². The first-order chi connectivity index (χ1) is 24.1. The van der Waals surface area contributed by atoms with Crippen LogP contribution in [-0.2, 0) is 14.1 Å². The molecular formula is C35H33F2N7O3S3. The van der Waals surface area contributed by atoms with Crippen LogP contribution in [0.4, 0.5) is 14.7 Å². The molecule has 0 saturated heterocycles. The Labute approximate surface area is 298 Å². The van der Waals surface area contributed by atoms with Gasteiger partial charge in [-0.1, -0.05) is 35.3 Å². The zero-order valence-corrected chi connectivity index (χ0v) is 29.8. The van der Waals surface area contributed by atoms with Gasteiger partial charge in [0.15, 0.2) is 5.16 Å². The SMILES string of the molecule is CSc1ncc2cc(Sc3ccc(F)cc3)c(=O)n(C)c2n1.Cn1c(=O)c(Sc2ccc(F)cc2)cc2cnc(NC3CCC(O)CC3)nc21. The number of rotatable bonds is 7. The molecule has 1 aliphatic rings. The molecule has 7 rings (SSSR count). The number of aryl methyl sites for hydroxylation is 2. The van der Waals surface area contributed by atoms with E-state index in [1.807, 2.05) is 6.26 Å². The van der Waals surface area contributed by atoms with Crippen LogP contribution in [0.5, 0.6) is 0 Å². The van der Waals surface area contributed by atoms with E-state index in [2.05, 4.69) is 25.3 Å². The normalized spacial score (nSPS) is 15.9. The molecular weight excluding hydrogens is 701 g/mol. The maximum Gasteiger partial charge on any atom is 0.265 e. The van der Waals surface area contributed by atoms with Crippen molar-refractivity contribution in [2.45, 2.75) is 62.6 Å². The van der Waals surface area contributed by atoms with Gasteiger partial charge in [0.2, 0.25) is 5.95 Å². The molecule has 2 N–H and O–H groups in total. The van der Waals surface area contributed by atoms with Crippen molar-refractivity contribution in [2.24, 2.45) is 14.1 Å². The Hall–Kier alpha value is -4.31. The van der Waals surface area contributed by atoms with Gasteiger partial charge >= 0.3 is 0 Å². The molecule has 0 amide bonds. The zero-order chi connectivity index (χ0) is 35.4. The van der Waals surface area contributed by atoms with Gasteiger partial charge in [0.05, 0.1) is 15.9 Å². The van der Waals surface area contributed by atoms with Crippen LogP contribution in [0.1, 0.15) is 25.7 Å². The van der Waals surface area contributed by atoms with E-state index < -0.39 is 0 Å². The number of hydrogen-bond donors (Lipinski definition) is 2. The minimum Gasteiger partial charge on any atom is -0.393 e. The molecule has 4 heterocycles. The standard InChI is InChI=1S/C20H21FN4O2S.C15H12FN3OS2/c1-25-18-12(10-17(19(25)27)28-16-8-2-13(21)3-9-16)11-22-20(24-18)23-14-4-6-15(26)7-5-14;1-19-13-9(8-17-15(18-13)21-2)7-12(14(19)20)22-11-5-3-10(16)4-6-11/h2-3,8-11,14-15,26H,4-7H2,1H3,(H,22,23,24);3-8H,1-2H3. The summed E-state index contributed by atoms with van der Waals surface area (Å²) < 4.78 is 29.1. The third-order valence-electron chi connectivity index (χ3n) is 8.10. The molecule has 15 heteroatoms. The maximum absolute atomic E-state index is 13.1. The number of nitrogens with zero attached hydrogens (tertiary/aromatic N) is 6. The Morgan fingerprint density at radius 1 is 0.740 bits per heavy atom. The van der Waals surface area contributed by atoms with Gasteiger partial charge in [0.1, 0.15) is 22.9 Å². The van der Waals surface area contributed by atoms with E-state index in [0.717, 1.165) is 46.2 Å². The molecule has 258 valence electrons. The molecule has 0 spiro atoms. The van der Waals surface area contributed by atoms with E-state index in [1.165, 1.54) is 68.7 Å². The van der Waals surface area contributed by atoms with Gasteiger partial charge in [-0.05, 0) is 92.6 Å².